The summed E-state index contributed by atoms with van der Waals surface area (Å²) in [5.41, 5.74) is -1.45. The molecule has 21 heavy (non-hydrogen) atoms. The van der Waals surface area contributed by atoms with Gasteiger partial charge >= 0.3 is 11.9 Å². The molecule has 1 aromatic carbocycles. The Bertz CT molecular complexity index is 558. The molecule has 1 fully saturated rings. The van der Waals surface area contributed by atoms with Crippen molar-refractivity contribution in [3.05, 3.63) is 35.9 Å². The van der Waals surface area contributed by atoms with Gasteiger partial charge < -0.3 is 19.9 Å². The number of cyclic esters (lactones) is 1. The van der Waals surface area contributed by atoms with Gasteiger partial charge in [0, 0.05) is 6.54 Å². The lowest BCUT2D eigenvalue weighted by Crippen LogP contribution is -2.53. The predicted octanol–water partition coefficient (Wildman–Crippen LogP) is -0.478. The Kier molecular flexibility index (Phi) is 4.23. The SMILES string of the molecule is COC(=O)[C@@]1(O)CC(=O)O[C@@H]1C(=O)NCc1ccccc1. The zero-order chi connectivity index (χ0) is 15.5. The maximum absolute atomic E-state index is 12.0. The second kappa shape index (κ2) is 5.92. The standard InChI is InChI=1S/C14H15NO6/c1-20-13(18)14(19)7-10(16)21-11(14)12(17)15-8-9-5-3-2-4-6-9/h2-6,11,19H,7-8H2,1H3,(H,15,17)/t11-,14-/m1/s1. The van der Waals surface area contributed by atoms with E-state index in [0.29, 0.717) is 0 Å². The molecular weight excluding hydrogens is 278 g/mol. The van der Waals surface area contributed by atoms with Crippen molar-refractivity contribution in [1.82, 2.24) is 5.32 Å². The van der Waals surface area contributed by atoms with E-state index in [1.807, 2.05) is 18.2 Å². The minimum absolute atomic E-state index is 0.185. The van der Waals surface area contributed by atoms with E-state index in [2.05, 4.69) is 10.1 Å². The zero-order valence-corrected chi connectivity index (χ0v) is 11.4. The molecule has 0 radical (unpaired) electrons. The van der Waals surface area contributed by atoms with E-state index in [1.54, 1.807) is 12.1 Å². The van der Waals surface area contributed by atoms with Crippen LogP contribution in [-0.4, -0.2) is 41.8 Å². The number of rotatable bonds is 4. The summed E-state index contributed by atoms with van der Waals surface area (Å²) >= 11 is 0. The highest BCUT2D eigenvalue weighted by Gasteiger charge is 2.58. The molecule has 2 atom stereocenters. The van der Waals surface area contributed by atoms with Crippen LogP contribution in [0.3, 0.4) is 0 Å². The van der Waals surface area contributed by atoms with Crippen LogP contribution < -0.4 is 5.32 Å². The number of esters is 2. The van der Waals surface area contributed by atoms with E-state index in [4.69, 9.17) is 4.74 Å². The number of hydrogen-bond acceptors (Lipinski definition) is 6. The normalized spacial score (nSPS) is 24.3. The van der Waals surface area contributed by atoms with Gasteiger partial charge in [0.25, 0.3) is 5.91 Å². The lowest BCUT2D eigenvalue weighted by atomic mass is 9.95. The Morgan fingerprint density at radius 1 is 1.43 bits per heavy atom. The van der Waals surface area contributed by atoms with E-state index in [-0.39, 0.29) is 6.54 Å². The smallest absolute Gasteiger partial charge is 0.343 e. The number of hydrogen-bond donors (Lipinski definition) is 2. The molecule has 1 aromatic rings. The maximum Gasteiger partial charge on any atom is 0.343 e. The van der Waals surface area contributed by atoms with Crippen LogP contribution in [0.4, 0.5) is 0 Å². The number of nitrogens with one attached hydrogen (secondary N) is 1. The highest BCUT2D eigenvalue weighted by molar-refractivity contribution is 5.98. The summed E-state index contributed by atoms with van der Waals surface area (Å²) in [6, 6.07) is 9.05. The number of methoxy groups -OCH3 is 1. The molecule has 112 valence electrons. The average molecular weight is 293 g/mol. The largest absolute Gasteiger partial charge is 0.467 e. The highest BCUT2D eigenvalue weighted by atomic mass is 16.6. The van der Waals surface area contributed by atoms with Crippen LogP contribution in [0.2, 0.25) is 0 Å². The number of amides is 1. The number of carbonyl (C=O) groups is 3. The van der Waals surface area contributed by atoms with Crippen molar-refractivity contribution in [1.29, 1.82) is 0 Å². The molecule has 1 heterocycles. The van der Waals surface area contributed by atoms with E-state index >= 15 is 0 Å². The molecule has 0 unspecified atom stereocenters. The van der Waals surface area contributed by atoms with E-state index < -0.39 is 36.0 Å². The third kappa shape index (κ3) is 3.03. The van der Waals surface area contributed by atoms with Gasteiger partial charge in [-0.3, -0.25) is 9.59 Å². The van der Waals surface area contributed by atoms with Crippen LogP contribution in [0, 0.1) is 0 Å². The molecule has 1 amide bonds. The fraction of sp³-hybridized carbons (Fsp3) is 0.357. The molecule has 0 aromatic heterocycles. The summed E-state index contributed by atoms with van der Waals surface area (Å²) in [6.07, 6.45) is -2.22. The lowest BCUT2D eigenvalue weighted by molar-refractivity contribution is -0.172. The van der Waals surface area contributed by atoms with E-state index in [1.165, 1.54) is 0 Å². The maximum atomic E-state index is 12.0. The molecule has 0 aliphatic carbocycles. The first-order chi connectivity index (χ1) is 9.97. The molecule has 1 aliphatic heterocycles. The Balaban J connectivity index is 2.06. The van der Waals surface area contributed by atoms with Crippen LogP contribution in [0.25, 0.3) is 0 Å². The second-order valence-corrected chi connectivity index (χ2v) is 4.67. The first-order valence-corrected chi connectivity index (χ1v) is 6.29. The number of ether oxygens (including phenoxy) is 2. The summed E-state index contributed by atoms with van der Waals surface area (Å²) in [4.78, 5) is 34.9. The second-order valence-electron chi connectivity index (χ2n) is 4.67. The van der Waals surface area contributed by atoms with Gasteiger partial charge in [0.2, 0.25) is 11.7 Å². The molecular formula is C14H15NO6. The van der Waals surface area contributed by atoms with E-state index in [0.717, 1.165) is 12.7 Å². The molecule has 0 saturated carbocycles. The van der Waals surface area contributed by atoms with E-state index in [9.17, 15) is 19.5 Å². The van der Waals surface area contributed by atoms with Crippen molar-refractivity contribution < 1.29 is 29.0 Å². The minimum Gasteiger partial charge on any atom is -0.467 e. The van der Waals surface area contributed by atoms with Gasteiger partial charge in [0.1, 0.15) is 0 Å². The van der Waals surface area contributed by atoms with Crippen LogP contribution in [0.5, 0.6) is 0 Å². The highest BCUT2D eigenvalue weighted by Crippen LogP contribution is 2.28. The Morgan fingerprint density at radius 2 is 2.10 bits per heavy atom. The summed E-state index contributed by atoms with van der Waals surface area (Å²) < 4.78 is 9.18. The van der Waals surface area contributed by atoms with Crippen molar-refractivity contribution in [3.8, 4) is 0 Å². The molecule has 1 aliphatic rings. The van der Waals surface area contributed by atoms with Crippen molar-refractivity contribution in [2.75, 3.05) is 7.11 Å². The Labute approximate surface area is 120 Å². The first kappa shape index (κ1) is 15.0. The number of aliphatic hydroxyl groups is 1. The van der Waals surface area contributed by atoms with Crippen molar-refractivity contribution in [2.24, 2.45) is 0 Å². The van der Waals surface area contributed by atoms with Gasteiger partial charge in [-0.15, -0.1) is 0 Å². The topological polar surface area (TPSA) is 102 Å². The molecule has 2 N–H and O–H groups in total. The molecule has 1 saturated heterocycles. The van der Waals surface area contributed by atoms with Gasteiger partial charge in [0.05, 0.1) is 13.5 Å². The summed E-state index contributed by atoms with van der Waals surface area (Å²) in [7, 11) is 1.06. The molecule has 2 rings (SSSR count). The van der Waals surface area contributed by atoms with Crippen LogP contribution in [0.15, 0.2) is 30.3 Å². The van der Waals surface area contributed by atoms with Gasteiger partial charge in [-0.2, -0.15) is 0 Å². The minimum atomic E-state index is -2.29. The van der Waals surface area contributed by atoms with Crippen molar-refractivity contribution in [3.63, 3.8) is 0 Å². The van der Waals surface area contributed by atoms with Crippen molar-refractivity contribution in [2.45, 2.75) is 24.7 Å². The van der Waals surface area contributed by atoms with Crippen LogP contribution >= 0.6 is 0 Å². The molecule has 7 nitrogen and oxygen atoms in total. The molecule has 0 spiro atoms. The molecule has 0 bridgehead atoms. The quantitative estimate of drug-likeness (QED) is 0.727. The first-order valence-electron chi connectivity index (χ1n) is 6.29. The lowest BCUT2D eigenvalue weighted by Gasteiger charge is -2.23. The average Bonchev–Trinajstić information content (AvgIpc) is 2.81. The zero-order valence-electron chi connectivity index (χ0n) is 11.4. The number of benzene rings is 1. The number of carbonyl (C=O) groups excluding carboxylic acids is 3. The Hall–Kier alpha value is -2.41. The van der Waals surface area contributed by atoms with Gasteiger partial charge in [-0.05, 0) is 5.56 Å². The fourth-order valence-electron chi connectivity index (χ4n) is 2.09. The van der Waals surface area contributed by atoms with Crippen molar-refractivity contribution >= 4 is 17.8 Å². The van der Waals surface area contributed by atoms with Gasteiger partial charge in [0.15, 0.2) is 0 Å². The summed E-state index contributed by atoms with van der Waals surface area (Å²) in [6.45, 7) is 0.185. The van der Waals surface area contributed by atoms with Crippen LogP contribution in [0.1, 0.15) is 12.0 Å². The molecule has 7 heteroatoms. The van der Waals surface area contributed by atoms with Gasteiger partial charge in [-0.25, -0.2) is 4.79 Å². The summed E-state index contributed by atoms with van der Waals surface area (Å²) in [5.74, 6) is -2.66. The third-order valence-corrected chi connectivity index (χ3v) is 3.18. The van der Waals surface area contributed by atoms with Crippen LogP contribution in [-0.2, 0) is 30.4 Å². The summed E-state index contributed by atoms with van der Waals surface area (Å²) in [5, 5.41) is 12.7. The Morgan fingerprint density at radius 3 is 2.71 bits per heavy atom. The third-order valence-electron chi connectivity index (χ3n) is 3.18. The fourth-order valence-corrected chi connectivity index (χ4v) is 2.09. The predicted molar refractivity (Wildman–Crippen MR) is 69.8 cm³/mol. The van der Waals surface area contributed by atoms with Gasteiger partial charge in [-0.1, -0.05) is 30.3 Å². The monoisotopic (exact) mass is 293 g/mol.